The first kappa shape index (κ1) is 47.9. The van der Waals surface area contributed by atoms with Crippen LogP contribution in [0.2, 0.25) is 0 Å². The molecule has 0 aromatic heterocycles. The van der Waals surface area contributed by atoms with E-state index >= 15 is 0 Å². The quantitative estimate of drug-likeness (QED) is 0.0694. The van der Waals surface area contributed by atoms with E-state index in [-0.39, 0.29) is 53.8 Å². The van der Waals surface area contributed by atoms with E-state index in [2.05, 4.69) is 27.5 Å². The number of unbranched alkanes of at least 4 members (excludes halogenated alkanes) is 4. The third-order valence-electron chi connectivity index (χ3n) is 12.0. The molecule has 2 saturated heterocycles. The van der Waals surface area contributed by atoms with Crippen LogP contribution in [0, 0.1) is 23.7 Å². The van der Waals surface area contributed by atoms with Crippen LogP contribution in [0.1, 0.15) is 116 Å². The number of aryl methyl sites for hydroxylation is 1. The van der Waals surface area contributed by atoms with Crippen LogP contribution >= 0.6 is 0 Å². The number of likely N-dealkylation sites (N-methyl/N-ethyl adjacent to an activating group) is 1. The number of carbonyl (C=O) groups excluding carboxylic acids is 5. The zero-order chi connectivity index (χ0) is 42.8. The maximum Gasteiger partial charge on any atom is 0.224 e. The third kappa shape index (κ3) is 17.4. The van der Waals surface area contributed by atoms with Crippen LogP contribution in [0.5, 0.6) is 0 Å². The van der Waals surface area contributed by atoms with Crippen molar-refractivity contribution in [2.45, 2.75) is 136 Å². The summed E-state index contributed by atoms with van der Waals surface area (Å²) in [5, 5.41) is 6.09. The molecule has 4 rings (SSSR count). The molecule has 10 nitrogen and oxygen atoms in total. The number of carbonyl (C=O) groups is 5. The number of benzene rings is 2. The van der Waals surface area contributed by atoms with Gasteiger partial charge in [0.1, 0.15) is 11.4 Å². The molecule has 10 heteroatoms. The van der Waals surface area contributed by atoms with E-state index in [4.69, 9.17) is 4.74 Å². The van der Waals surface area contributed by atoms with Gasteiger partial charge in [0.05, 0.1) is 18.7 Å². The van der Waals surface area contributed by atoms with Gasteiger partial charge in [0.25, 0.3) is 0 Å². The fraction of sp³-hybridized carbons (Fsp3) is 0.653. The van der Waals surface area contributed by atoms with E-state index in [1.165, 1.54) is 6.42 Å². The first-order valence-corrected chi connectivity index (χ1v) is 22.5. The summed E-state index contributed by atoms with van der Waals surface area (Å²) in [6, 6.07) is 18.0. The van der Waals surface area contributed by atoms with Crippen LogP contribution < -0.4 is 10.6 Å². The normalized spacial score (nSPS) is 19.2. The molecule has 0 aliphatic carbocycles. The molecule has 0 bridgehead atoms. The Balaban J connectivity index is 1.40. The molecule has 2 aliphatic heterocycles. The molecular weight excluding hydrogens is 741 g/mol. The number of hydrogen-bond donors (Lipinski definition) is 2. The number of nitrogens with zero attached hydrogens (tertiary/aromatic N) is 2. The summed E-state index contributed by atoms with van der Waals surface area (Å²) in [5.74, 6) is -2.05. The molecule has 1 unspecified atom stereocenters. The minimum Gasteiger partial charge on any atom is -0.361 e. The molecule has 5 atom stereocenters. The van der Waals surface area contributed by atoms with Gasteiger partial charge in [0, 0.05) is 57.3 Å². The lowest BCUT2D eigenvalue weighted by Gasteiger charge is -2.32. The summed E-state index contributed by atoms with van der Waals surface area (Å²) >= 11 is 0. The largest absolute Gasteiger partial charge is 0.361 e. The molecule has 2 aromatic rings. The summed E-state index contributed by atoms with van der Waals surface area (Å²) in [6.45, 7) is 15.8. The van der Waals surface area contributed by atoms with E-state index in [0.717, 1.165) is 69.5 Å². The van der Waals surface area contributed by atoms with Gasteiger partial charge in [-0.25, -0.2) is 0 Å². The molecule has 2 amide bonds. The number of rotatable bonds is 28. The lowest BCUT2D eigenvalue weighted by Crippen LogP contribution is -2.50. The van der Waals surface area contributed by atoms with Crippen molar-refractivity contribution >= 4 is 29.2 Å². The first-order chi connectivity index (χ1) is 28.2. The summed E-state index contributed by atoms with van der Waals surface area (Å²) in [5.41, 5.74) is 1.10. The summed E-state index contributed by atoms with van der Waals surface area (Å²) in [7, 11) is 2.18. The average Bonchev–Trinajstić information content (AvgIpc) is 3.97. The van der Waals surface area contributed by atoms with E-state index in [1.807, 2.05) is 88.4 Å². The Morgan fingerprint density at radius 3 is 1.85 bits per heavy atom. The summed E-state index contributed by atoms with van der Waals surface area (Å²) in [4.78, 5) is 74.3. The Kier molecular flexibility index (Phi) is 19.9. The number of piperazine rings is 1. The number of ketones is 3. The zero-order valence-corrected chi connectivity index (χ0v) is 37.0. The topological polar surface area (TPSA) is 128 Å². The highest BCUT2D eigenvalue weighted by molar-refractivity contribution is 5.98. The number of nitrogens with one attached hydrogen (secondary N) is 2. The lowest BCUT2D eigenvalue weighted by atomic mass is 9.87. The molecular formula is C49H74N4O6. The molecule has 59 heavy (non-hydrogen) atoms. The van der Waals surface area contributed by atoms with Gasteiger partial charge in [-0.05, 0) is 88.4 Å². The summed E-state index contributed by atoms with van der Waals surface area (Å²) < 4.78 is 5.45. The Hall–Kier alpha value is -3.73. The minimum atomic E-state index is -0.896. The fourth-order valence-corrected chi connectivity index (χ4v) is 8.13. The predicted octanol–water partition coefficient (Wildman–Crippen LogP) is 7.02. The summed E-state index contributed by atoms with van der Waals surface area (Å²) in [6.07, 6.45) is 8.04. The van der Waals surface area contributed by atoms with E-state index < -0.39 is 29.5 Å². The molecule has 2 N–H and O–H groups in total. The predicted molar refractivity (Wildman–Crippen MR) is 235 cm³/mol. The SMILES string of the molecule is CC(C)C[C@H](NC(=O)C(CCc1ccccc1)CC(=O)CCCCCCCN1CCN(C)CC1)C(=O)C[C@@H](Cc1ccccc1)C(=O)N[C@@H](CC(C)C)C(=O)[C@@]1(C)CO1. The van der Waals surface area contributed by atoms with Crippen molar-refractivity contribution < 1.29 is 28.7 Å². The monoisotopic (exact) mass is 815 g/mol. The second-order valence-corrected chi connectivity index (χ2v) is 18.4. The van der Waals surface area contributed by atoms with Gasteiger partial charge in [0.15, 0.2) is 11.6 Å². The van der Waals surface area contributed by atoms with Crippen molar-refractivity contribution in [1.82, 2.24) is 20.4 Å². The van der Waals surface area contributed by atoms with Gasteiger partial charge < -0.3 is 25.2 Å². The van der Waals surface area contributed by atoms with Crippen molar-refractivity contribution in [2.24, 2.45) is 23.7 Å². The van der Waals surface area contributed by atoms with Crippen molar-refractivity contribution in [1.29, 1.82) is 0 Å². The van der Waals surface area contributed by atoms with Gasteiger partial charge in [0.2, 0.25) is 11.8 Å². The second-order valence-electron chi connectivity index (χ2n) is 18.4. The minimum absolute atomic E-state index is 0.0814. The number of hydrogen-bond acceptors (Lipinski definition) is 8. The van der Waals surface area contributed by atoms with Gasteiger partial charge in [-0.3, -0.25) is 24.0 Å². The fourth-order valence-electron chi connectivity index (χ4n) is 8.13. The smallest absolute Gasteiger partial charge is 0.224 e. The Labute approximate surface area is 355 Å². The van der Waals surface area contributed by atoms with E-state index in [0.29, 0.717) is 45.1 Å². The van der Waals surface area contributed by atoms with Crippen LogP contribution in [-0.4, -0.2) is 103 Å². The van der Waals surface area contributed by atoms with Gasteiger partial charge in [-0.2, -0.15) is 0 Å². The second kappa shape index (κ2) is 24.5. The third-order valence-corrected chi connectivity index (χ3v) is 12.0. The van der Waals surface area contributed by atoms with Crippen LogP contribution in [0.25, 0.3) is 0 Å². The highest BCUT2D eigenvalue weighted by Gasteiger charge is 2.50. The van der Waals surface area contributed by atoms with Crippen LogP contribution in [0.4, 0.5) is 0 Å². The number of ether oxygens (including phenoxy) is 1. The molecule has 0 saturated carbocycles. The lowest BCUT2D eigenvalue weighted by molar-refractivity contribution is -0.135. The maximum atomic E-state index is 14.3. The number of amides is 2. The number of Topliss-reactive ketones (excluding diaryl/α,β-unsaturated/α-hetero) is 3. The Morgan fingerprint density at radius 1 is 0.695 bits per heavy atom. The van der Waals surface area contributed by atoms with Gasteiger partial charge in [-0.1, -0.05) is 108 Å². The molecule has 2 aliphatic rings. The van der Waals surface area contributed by atoms with Crippen molar-refractivity contribution in [3.63, 3.8) is 0 Å². The van der Waals surface area contributed by atoms with Crippen molar-refractivity contribution in [2.75, 3.05) is 46.4 Å². The van der Waals surface area contributed by atoms with Crippen LogP contribution in [0.15, 0.2) is 60.7 Å². The molecule has 326 valence electrons. The van der Waals surface area contributed by atoms with Crippen molar-refractivity contribution in [3.8, 4) is 0 Å². The average molecular weight is 815 g/mol. The molecule has 2 aromatic carbocycles. The molecule has 2 fully saturated rings. The molecule has 0 spiro atoms. The molecule has 2 heterocycles. The number of epoxide rings is 1. The van der Waals surface area contributed by atoms with Crippen LogP contribution in [-0.2, 0) is 41.6 Å². The first-order valence-electron chi connectivity index (χ1n) is 22.5. The Morgan fingerprint density at radius 2 is 1.24 bits per heavy atom. The van der Waals surface area contributed by atoms with Crippen molar-refractivity contribution in [3.05, 3.63) is 71.8 Å². The maximum absolute atomic E-state index is 14.3. The van der Waals surface area contributed by atoms with Gasteiger partial charge >= 0.3 is 0 Å². The zero-order valence-electron chi connectivity index (χ0n) is 37.0. The molecule has 0 radical (unpaired) electrons. The van der Waals surface area contributed by atoms with E-state index in [9.17, 15) is 24.0 Å². The Bertz CT molecular complexity index is 1600. The van der Waals surface area contributed by atoms with Gasteiger partial charge in [-0.15, -0.1) is 0 Å². The highest BCUT2D eigenvalue weighted by Crippen LogP contribution is 2.30. The van der Waals surface area contributed by atoms with E-state index in [1.54, 1.807) is 6.92 Å². The highest BCUT2D eigenvalue weighted by atomic mass is 16.6. The van der Waals surface area contributed by atoms with Crippen LogP contribution in [0.3, 0.4) is 0 Å². The standard InChI is InChI=1S/C49H74N4O6/c1-36(2)30-43(45(55)34-41(32-39-20-14-11-15-21-39)48(58)51-44(31-37(3)4)46(56)49(5)35-59-49)50-47(57)40(24-23-38-18-12-10-13-19-38)33-42(54)22-16-8-7-9-17-25-53-28-26-52(6)27-29-53/h10-15,18-21,36-37,40-41,43-44H,7-9,16-17,22-35H2,1-6H3,(H,50,57)(H,51,58)/t40?,41-,43+,44+,49-/m1/s1.